The molecule has 3 aromatic rings. The summed E-state index contributed by atoms with van der Waals surface area (Å²) in [5.74, 6) is 2.20. The maximum Gasteiger partial charge on any atom is 0.269 e. The molecule has 2 aromatic heterocycles. The van der Waals surface area contributed by atoms with Gasteiger partial charge in [0.15, 0.2) is 11.5 Å². The van der Waals surface area contributed by atoms with Gasteiger partial charge in [0.25, 0.3) is 5.91 Å². The number of anilines is 1. The third-order valence-electron chi connectivity index (χ3n) is 5.50. The number of carbonyl (C=O) groups excluding carboxylic acids is 1. The smallest absolute Gasteiger partial charge is 0.269 e. The third-order valence-corrected chi connectivity index (χ3v) is 6.91. The molecule has 0 unspecified atom stereocenters. The maximum absolute atomic E-state index is 13.1. The van der Waals surface area contributed by atoms with E-state index < -0.39 is 0 Å². The predicted molar refractivity (Wildman–Crippen MR) is 119 cm³/mol. The molecule has 1 fully saturated rings. The van der Waals surface area contributed by atoms with Gasteiger partial charge in [-0.05, 0) is 48.2 Å². The molecule has 0 radical (unpaired) electrons. The SMILES string of the molecule is COc1cc(N2Cc3cc(-c4ccc(Cl)cn4)sc3C2=O)ccc1OCCC1CC1. The van der Waals surface area contributed by atoms with Crippen LogP contribution in [0.1, 0.15) is 34.5 Å². The van der Waals surface area contributed by atoms with Crippen LogP contribution in [0.4, 0.5) is 5.69 Å². The molecule has 3 heterocycles. The minimum Gasteiger partial charge on any atom is -0.493 e. The molecule has 1 aliphatic carbocycles. The summed E-state index contributed by atoms with van der Waals surface area (Å²) >= 11 is 7.39. The first-order valence-corrected chi connectivity index (χ1v) is 11.2. The first kappa shape index (κ1) is 19.4. The zero-order chi connectivity index (χ0) is 20.7. The van der Waals surface area contributed by atoms with Gasteiger partial charge in [-0.3, -0.25) is 9.78 Å². The second-order valence-electron chi connectivity index (χ2n) is 7.63. The quantitative estimate of drug-likeness (QED) is 0.465. The van der Waals surface area contributed by atoms with Crippen molar-refractivity contribution in [2.45, 2.75) is 25.8 Å². The highest BCUT2D eigenvalue weighted by Gasteiger charge is 2.32. The van der Waals surface area contributed by atoms with Crippen molar-refractivity contribution < 1.29 is 14.3 Å². The van der Waals surface area contributed by atoms with Crippen molar-refractivity contribution in [1.82, 2.24) is 4.98 Å². The number of amides is 1. The monoisotopic (exact) mass is 440 g/mol. The van der Waals surface area contributed by atoms with E-state index in [0.717, 1.165) is 44.8 Å². The Balaban J connectivity index is 1.33. The number of benzene rings is 1. The fourth-order valence-electron chi connectivity index (χ4n) is 3.63. The minimum atomic E-state index is -0.000307. The Labute approximate surface area is 184 Å². The number of pyridine rings is 1. The van der Waals surface area contributed by atoms with Gasteiger partial charge < -0.3 is 14.4 Å². The van der Waals surface area contributed by atoms with Crippen molar-refractivity contribution in [2.24, 2.45) is 5.92 Å². The molecular weight excluding hydrogens is 420 g/mol. The van der Waals surface area contributed by atoms with Gasteiger partial charge in [0.05, 0.1) is 40.7 Å². The second-order valence-corrected chi connectivity index (χ2v) is 9.12. The standard InChI is InChI=1S/C23H21ClN2O3S/c1-28-20-11-17(5-7-19(20)29-9-8-14-2-3-14)26-13-15-10-21(30-22(15)23(26)27)18-6-4-16(24)12-25-18/h4-7,10-12,14H,2-3,8-9,13H2,1H3. The van der Waals surface area contributed by atoms with Crippen LogP contribution in [-0.4, -0.2) is 24.6 Å². The van der Waals surface area contributed by atoms with Crippen LogP contribution >= 0.6 is 22.9 Å². The number of thiophene rings is 1. The van der Waals surface area contributed by atoms with Crippen LogP contribution in [0.15, 0.2) is 42.6 Å². The lowest BCUT2D eigenvalue weighted by molar-refractivity contribution is 0.1000. The van der Waals surface area contributed by atoms with E-state index in [1.165, 1.54) is 24.2 Å². The van der Waals surface area contributed by atoms with Crippen LogP contribution in [0, 0.1) is 5.92 Å². The topological polar surface area (TPSA) is 51.7 Å². The summed E-state index contributed by atoms with van der Waals surface area (Å²) in [6.45, 7) is 1.23. The molecule has 1 saturated carbocycles. The molecule has 5 nitrogen and oxygen atoms in total. The lowest BCUT2D eigenvalue weighted by Crippen LogP contribution is -2.23. The highest BCUT2D eigenvalue weighted by Crippen LogP contribution is 2.40. The molecule has 154 valence electrons. The number of ether oxygens (including phenoxy) is 2. The van der Waals surface area contributed by atoms with E-state index >= 15 is 0 Å². The molecule has 0 spiro atoms. The molecule has 7 heteroatoms. The number of aromatic nitrogens is 1. The van der Waals surface area contributed by atoms with Gasteiger partial charge in [-0.15, -0.1) is 11.3 Å². The average molecular weight is 441 g/mol. The normalized spacial score (nSPS) is 15.4. The van der Waals surface area contributed by atoms with Crippen LogP contribution in [0.25, 0.3) is 10.6 Å². The summed E-state index contributed by atoms with van der Waals surface area (Å²) in [7, 11) is 1.63. The Bertz CT molecular complexity index is 1090. The number of methoxy groups -OCH3 is 1. The van der Waals surface area contributed by atoms with E-state index in [4.69, 9.17) is 21.1 Å². The second kappa shape index (κ2) is 7.93. The highest BCUT2D eigenvalue weighted by atomic mass is 35.5. The van der Waals surface area contributed by atoms with Crippen molar-refractivity contribution in [2.75, 3.05) is 18.6 Å². The van der Waals surface area contributed by atoms with Crippen LogP contribution in [-0.2, 0) is 6.54 Å². The van der Waals surface area contributed by atoms with Gasteiger partial charge in [0.2, 0.25) is 0 Å². The Morgan fingerprint density at radius 3 is 2.77 bits per heavy atom. The summed E-state index contributed by atoms with van der Waals surface area (Å²) < 4.78 is 11.4. The van der Waals surface area contributed by atoms with Crippen molar-refractivity contribution in [3.63, 3.8) is 0 Å². The maximum atomic E-state index is 13.1. The minimum absolute atomic E-state index is 0.000307. The summed E-state index contributed by atoms with van der Waals surface area (Å²) in [4.78, 5) is 20.9. The van der Waals surface area contributed by atoms with Crippen LogP contribution in [0.2, 0.25) is 5.02 Å². The largest absolute Gasteiger partial charge is 0.493 e. The lowest BCUT2D eigenvalue weighted by atomic mass is 10.2. The zero-order valence-corrected chi connectivity index (χ0v) is 18.1. The first-order valence-electron chi connectivity index (χ1n) is 9.99. The van der Waals surface area contributed by atoms with E-state index in [9.17, 15) is 4.79 Å². The molecule has 0 bridgehead atoms. The lowest BCUT2D eigenvalue weighted by Gasteiger charge is -2.18. The van der Waals surface area contributed by atoms with Crippen LogP contribution in [0.5, 0.6) is 11.5 Å². The fourth-order valence-corrected chi connectivity index (χ4v) is 4.84. The number of fused-ring (bicyclic) bond motifs is 1. The Morgan fingerprint density at radius 2 is 2.07 bits per heavy atom. The molecule has 2 aliphatic rings. The first-order chi connectivity index (χ1) is 14.6. The van der Waals surface area contributed by atoms with Crippen LogP contribution in [0.3, 0.4) is 0 Å². The predicted octanol–water partition coefficient (Wildman–Crippen LogP) is 5.81. The Hall–Kier alpha value is -2.57. The summed E-state index contributed by atoms with van der Waals surface area (Å²) in [5, 5.41) is 0.596. The van der Waals surface area contributed by atoms with E-state index in [1.54, 1.807) is 18.2 Å². The van der Waals surface area contributed by atoms with E-state index in [2.05, 4.69) is 4.98 Å². The number of rotatable bonds is 7. The molecule has 0 N–H and O–H groups in total. The average Bonchev–Trinajstić information content (AvgIpc) is 3.41. The third kappa shape index (κ3) is 3.77. The van der Waals surface area contributed by atoms with Crippen LogP contribution < -0.4 is 14.4 Å². The molecule has 1 amide bonds. The molecule has 30 heavy (non-hydrogen) atoms. The number of carbonyl (C=O) groups is 1. The molecule has 1 aromatic carbocycles. The van der Waals surface area contributed by atoms with E-state index in [1.807, 2.05) is 36.4 Å². The van der Waals surface area contributed by atoms with Gasteiger partial charge in [0.1, 0.15) is 0 Å². The zero-order valence-electron chi connectivity index (χ0n) is 16.6. The van der Waals surface area contributed by atoms with Gasteiger partial charge in [-0.25, -0.2) is 0 Å². The summed E-state index contributed by atoms with van der Waals surface area (Å²) in [5.41, 5.74) is 2.65. The number of nitrogens with zero attached hydrogens (tertiary/aromatic N) is 2. The van der Waals surface area contributed by atoms with E-state index in [0.29, 0.717) is 23.9 Å². The van der Waals surface area contributed by atoms with E-state index in [-0.39, 0.29) is 5.91 Å². The number of hydrogen-bond acceptors (Lipinski definition) is 5. The van der Waals surface area contributed by atoms with Crippen molar-refractivity contribution in [3.05, 3.63) is 58.1 Å². The molecule has 0 atom stereocenters. The molecular formula is C23H21ClN2O3S. The molecule has 5 rings (SSSR count). The van der Waals surface area contributed by atoms with Gasteiger partial charge in [0, 0.05) is 18.0 Å². The van der Waals surface area contributed by atoms with Gasteiger partial charge in [-0.2, -0.15) is 0 Å². The Morgan fingerprint density at radius 1 is 1.20 bits per heavy atom. The number of halogens is 1. The molecule has 1 aliphatic heterocycles. The fraction of sp³-hybridized carbons (Fsp3) is 0.304. The van der Waals surface area contributed by atoms with Crippen molar-refractivity contribution in [1.29, 1.82) is 0 Å². The summed E-state index contributed by atoms with van der Waals surface area (Å²) in [6, 6.07) is 11.4. The number of hydrogen-bond donors (Lipinski definition) is 0. The van der Waals surface area contributed by atoms with Crippen molar-refractivity contribution in [3.8, 4) is 22.1 Å². The van der Waals surface area contributed by atoms with Crippen molar-refractivity contribution >= 4 is 34.5 Å². The molecule has 0 saturated heterocycles. The van der Waals surface area contributed by atoms with Gasteiger partial charge >= 0.3 is 0 Å². The Kier molecular flexibility index (Phi) is 5.13. The summed E-state index contributed by atoms with van der Waals surface area (Å²) in [6.07, 6.45) is 5.34. The highest BCUT2D eigenvalue weighted by molar-refractivity contribution is 7.17. The van der Waals surface area contributed by atoms with Gasteiger partial charge in [-0.1, -0.05) is 24.4 Å².